The number of sulfonamides is 1. The van der Waals surface area contributed by atoms with Gasteiger partial charge < -0.3 is 5.32 Å². The zero-order chi connectivity index (χ0) is 16.0. The number of hydrogen-bond acceptors (Lipinski definition) is 3. The van der Waals surface area contributed by atoms with E-state index in [1.165, 1.54) is 4.31 Å². The lowest BCUT2D eigenvalue weighted by Gasteiger charge is -2.38. The zero-order valence-electron chi connectivity index (χ0n) is 13.1. The van der Waals surface area contributed by atoms with Crippen LogP contribution in [0.15, 0.2) is 17.0 Å². The van der Waals surface area contributed by atoms with Gasteiger partial charge in [-0.1, -0.05) is 17.7 Å². The van der Waals surface area contributed by atoms with Crippen molar-refractivity contribution in [3.63, 3.8) is 0 Å². The van der Waals surface area contributed by atoms with Gasteiger partial charge in [0.2, 0.25) is 15.9 Å². The molecule has 1 amide bonds. The molecule has 0 bridgehead atoms. The monoisotopic (exact) mass is 310 g/mol. The fourth-order valence-electron chi connectivity index (χ4n) is 2.99. The fraction of sp³-hybridized carbons (Fsp3) is 0.533. The Hall–Kier alpha value is -1.40. The van der Waals surface area contributed by atoms with Gasteiger partial charge in [0.25, 0.3) is 0 Å². The minimum atomic E-state index is -3.67. The Balaban J connectivity index is 2.50. The third kappa shape index (κ3) is 3.11. The van der Waals surface area contributed by atoms with E-state index in [1.54, 1.807) is 13.8 Å². The van der Waals surface area contributed by atoms with Crippen LogP contribution in [0.1, 0.15) is 30.5 Å². The average molecular weight is 310 g/mol. The molecule has 0 spiro atoms. The maximum atomic E-state index is 12.9. The molecule has 1 N–H and O–H groups in total. The molecule has 1 aromatic carbocycles. The van der Waals surface area contributed by atoms with Crippen LogP contribution in [0.4, 0.5) is 0 Å². The van der Waals surface area contributed by atoms with E-state index in [1.807, 2.05) is 32.9 Å². The normalized spacial score (nSPS) is 19.4. The molecule has 0 unspecified atom stereocenters. The summed E-state index contributed by atoms with van der Waals surface area (Å²) in [4.78, 5) is 12.1. The van der Waals surface area contributed by atoms with Crippen molar-refractivity contribution in [2.45, 2.75) is 45.1 Å². The second-order valence-electron chi connectivity index (χ2n) is 6.43. The van der Waals surface area contributed by atoms with Crippen LogP contribution in [0.5, 0.6) is 0 Å². The summed E-state index contributed by atoms with van der Waals surface area (Å²) < 4.78 is 27.1. The molecule has 6 heteroatoms. The van der Waals surface area contributed by atoms with E-state index in [0.29, 0.717) is 4.90 Å². The summed E-state index contributed by atoms with van der Waals surface area (Å²) in [6, 6.07) is 3.71. The Morgan fingerprint density at radius 3 is 2.14 bits per heavy atom. The van der Waals surface area contributed by atoms with Gasteiger partial charge >= 0.3 is 0 Å². The molecular weight excluding hydrogens is 288 g/mol. The molecule has 2 rings (SSSR count). The van der Waals surface area contributed by atoms with Crippen molar-refractivity contribution in [1.82, 2.24) is 9.62 Å². The Morgan fingerprint density at radius 2 is 1.67 bits per heavy atom. The summed E-state index contributed by atoms with van der Waals surface area (Å²) in [5.74, 6) is -0.266. The molecule has 21 heavy (non-hydrogen) atoms. The van der Waals surface area contributed by atoms with Gasteiger partial charge in [-0.05, 0) is 45.7 Å². The number of carbonyl (C=O) groups is 1. The third-order valence-electron chi connectivity index (χ3n) is 3.57. The minimum absolute atomic E-state index is 0.126. The van der Waals surface area contributed by atoms with Crippen molar-refractivity contribution in [2.24, 2.45) is 0 Å². The zero-order valence-corrected chi connectivity index (χ0v) is 14.0. The number of piperazine rings is 1. The molecule has 1 aromatic rings. The van der Waals surface area contributed by atoms with Crippen LogP contribution < -0.4 is 5.32 Å². The predicted molar refractivity (Wildman–Crippen MR) is 81.6 cm³/mol. The number of amides is 1. The van der Waals surface area contributed by atoms with Crippen molar-refractivity contribution < 1.29 is 13.2 Å². The van der Waals surface area contributed by atoms with Crippen LogP contribution in [-0.2, 0) is 14.8 Å². The van der Waals surface area contributed by atoms with E-state index in [0.717, 1.165) is 16.7 Å². The Morgan fingerprint density at radius 1 is 1.14 bits per heavy atom. The number of benzene rings is 1. The number of aryl methyl sites for hydroxylation is 3. The summed E-state index contributed by atoms with van der Waals surface area (Å²) in [5.41, 5.74) is 1.91. The van der Waals surface area contributed by atoms with Crippen molar-refractivity contribution in [3.05, 3.63) is 28.8 Å². The molecule has 0 atom stereocenters. The number of rotatable bonds is 2. The van der Waals surface area contributed by atoms with Crippen LogP contribution in [0, 0.1) is 20.8 Å². The van der Waals surface area contributed by atoms with Crippen molar-refractivity contribution in [1.29, 1.82) is 0 Å². The minimum Gasteiger partial charge on any atom is -0.349 e. The second kappa shape index (κ2) is 5.10. The fourth-order valence-corrected chi connectivity index (χ4v) is 4.96. The highest BCUT2D eigenvalue weighted by atomic mass is 32.2. The molecular formula is C15H22N2O3S. The van der Waals surface area contributed by atoms with E-state index >= 15 is 0 Å². The van der Waals surface area contributed by atoms with E-state index in [4.69, 9.17) is 0 Å². The van der Waals surface area contributed by atoms with Crippen LogP contribution >= 0.6 is 0 Å². The van der Waals surface area contributed by atoms with Gasteiger partial charge in [-0.3, -0.25) is 4.79 Å². The number of carbonyl (C=O) groups excluding carboxylic acids is 1. The van der Waals surface area contributed by atoms with Gasteiger partial charge in [0.1, 0.15) is 0 Å². The molecule has 0 aliphatic carbocycles. The first kappa shape index (κ1) is 16.0. The van der Waals surface area contributed by atoms with Crippen molar-refractivity contribution >= 4 is 15.9 Å². The summed E-state index contributed by atoms with van der Waals surface area (Å²) in [6.07, 6.45) is 0. The largest absolute Gasteiger partial charge is 0.349 e. The molecule has 0 radical (unpaired) electrons. The lowest BCUT2D eigenvalue weighted by molar-refractivity contribution is -0.125. The van der Waals surface area contributed by atoms with E-state index in [-0.39, 0.29) is 19.0 Å². The highest BCUT2D eigenvalue weighted by Gasteiger charge is 2.38. The first-order chi connectivity index (χ1) is 9.53. The quantitative estimate of drug-likeness (QED) is 0.900. The maximum Gasteiger partial charge on any atom is 0.244 e. The van der Waals surface area contributed by atoms with E-state index < -0.39 is 15.6 Å². The molecule has 1 heterocycles. The molecule has 1 aliphatic rings. The SMILES string of the molecule is Cc1cc(C)c(S(=O)(=O)N2CC(=O)NC(C)(C)C2)c(C)c1. The molecule has 116 valence electrons. The van der Waals surface area contributed by atoms with Gasteiger partial charge in [0.15, 0.2) is 0 Å². The topological polar surface area (TPSA) is 66.5 Å². The molecule has 1 fully saturated rings. The van der Waals surface area contributed by atoms with E-state index in [2.05, 4.69) is 5.32 Å². The highest BCUT2D eigenvalue weighted by molar-refractivity contribution is 7.89. The van der Waals surface area contributed by atoms with Crippen LogP contribution in [-0.4, -0.2) is 37.3 Å². The third-order valence-corrected chi connectivity index (χ3v) is 5.67. The number of nitrogens with zero attached hydrogens (tertiary/aromatic N) is 1. The van der Waals surface area contributed by atoms with Gasteiger partial charge in [-0.25, -0.2) is 8.42 Å². The summed E-state index contributed by atoms with van der Waals surface area (Å²) >= 11 is 0. The lowest BCUT2D eigenvalue weighted by atomic mass is 10.0. The Bertz CT molecular complexity index is 670. The lowest BCUT2D eigenvalue weighted by Crippen LogP contribution is -2.61. The van der Waals surface area contributed by atoms with Gasteiger partial charge in [0.05, 0.1) is 11.4 Å². The van der Waals surface area contributed by atoms with E-state index in [9.17, 15) is 13.2 Å². The maximum absolute atomic E-state index is 12.9. The van der Waals surface area contributed by atoms with Crippen LogP contribution in [0.3, 0.4) is 0 Å². The first-order valence-corrected chi connectivity index (χ1v) is 8.36. The van der Waals surface area contributed by atoms with Crippen LogP contribution in [0.25, 0.3) is 0 Å². The first-order valence-electron chi connectivity index (χ1n) is 6.92. The van der Waals surface area contributed by atoms with Crippen molar-refractivity contribution in [3.8, 4) is 0 Å². The summed E-state index contributed by atoms with van der Waals surface area (Å²) in [6.45, 7) is 9.31. The smallest absolute Gasteiger partial charge is 0.244 e. The standard InChI is InChI=1S/C15H22N2O3S/c1-10-6-11(2)14(12(3)7-10)21(19,20)17-8-13(18)16-15(4,5)9-17/h6-7H,8-9H2,1-5H3,(H,16,18). The number of hydrogen-bond donors (Lipinski definition) is 1. The Kier molecular flexibility index (Phi) is 3.88. The molecule has 0 aromatic heterocycles. The molecule has 1 saturated heterocycles. The second-order valence-corrected chi connectivity index (χ2v) is 8.31. The summed E-state index contributed by atoms with van der Waals surface area (Å²) in [7, 11) is -3.67. The highest BCUT2D eigenvalue weighted by Crippen LogP contribution is 2.27. The Labute approximate surface area is 126 Å². The molecule has 1 aliphatic heterocycles. The predicted octanol–water partition coefficient (Wildman–Crippen LogP) is 1.51. The van der Waals surface area contributed by atoms with Crippen molar-refractivity contribution in [2.75, 3.05) is 13.1 Å². The summed E-state index contributed by atoms with van der Waals surface area (Å²) in [5, 5.41) is 2.80. The van der Waals surface area contributed by atoms with Gasteiger partial charge in [-0.15, -0.1) is 0 Å². The molecule has 0 saturated carbocycles. The van der Waals surface area contributed by atoms with Gasteiger partial charge in [0, 0.05) is 12.1 Å². The average Bonchev–Trinajstić information content (AvgIpc) is 2.23. The van der Waals surface area contributed by atoms with Gasteiger partial charge in [-0.2, -0.15) is 4.31 Å². The number of nitrogens with one attached hydrogen (secondary N) is 1. The van der Waals surface area contributed by atoms with Crippen LogP contribution in [0.2, 0.25) is 0 Å². The molecule has 5 nitrogen and oxygen atoms in total.